The molecule has 3 aliphatic heterocycles. The van der Waals surface area contributed by atoms with E-state index in [0.717, 1.165) is 5.56 Å². The molecule has 3 saturated heterocycles. The number of carbonyl (C=O) groups excluding carboxylic acids is 1. The summed E-state index contributed by atoms with van der Waals surface area (Å²) < 4.78 is 5.06. The van der Waals surface area contributed by atoms with Crippen molar-refractivity contribution in [3.05, 3.63) is 29.8 Å². The molecule has 0 radical (unpaired) electrons. The monoisotopic (exact) mass is 331 g/mol. The lowest BCUT2D eigenvalue weighted by molar-refractivity contribution is -0.154. The van der Waals surface area contributed by atoms with Crippen LogP contribution < -0.4 is 4.74 Å². The van der Waals surface area contributed by atoms with Crippen LogP contribution in [0.5, 0.6) is 11.5 Å². The summed E-state index contributed by atoms with van der Waals surface area (Å²) >= 11 is 0. The van der Waals surface area contributed by atoms with Gasteiger partial charge in [0.05, 0.1) is 7.11 Å². The molecular weight excluding hydrogens is 310 g/mol. The van der Waals surface area contributed by atoms with E-state index in [9.17, 15) is 19.8 Å². The third-order valence-corrected chi connectivity index (χ3v) is 5.22. The maximum Gasteiger partial charge on any atom is 0.320 e. The standard InChI is InChI=1S/C18H21NO5/c1-24-15-10-12(2-4-14(15)20)3-5-16(21)18-6-8-19(9-7-18)13(11-18)17(22)23/h2-5,10,13,20H,6-9,11H2,1H3,(H,22,23)/b5-3+. The van der Waals surface area contributed by atoms with Crippen molar-refractivity contribution in [2.24, 2.45) is 5.41 Å². The molecule has 0 saturated carbocycles. The van der Waals surface area contributed by atoms with Crippen LogP contribution in [0.1, 0.15) is 24.8 Å². The fourth-order valence-electron chi connectivity index (χ4n) is 3.70. The van der Waals surface area contributed by atoms with Gasteiger partial charge in [0.2, 0.25) is 0 Å². The van der Waals surface area contributed by atoms with Crippen molar-refractivity contribution in [3.8, 4) is 11.5 Å². The van der Waals surface area contributed by atoms with Crippen molar-refractivity contribution in [3.63, 3.8) is 0 Å². The molecule has 6 heteroatoms. The van der Waals surface area contributed by atoms with Crippen molar-refractivity contribution < 1.29 is 24.5 Å². The van der Waals surface area contributed by atoms with Gasteiger partial charge in [0.25, 0.3) is 0 Å². The lowest BCUT2D eigenvalue weighted by Crippen LogP contribution is -2.59. The Morgan fingerprint density at radius 2 is 2.04 bits per heavy atom. The first-order valence-electron chi connectivity index (χ1n) is 8.01. The van der Waals surface area contributed by atoms with Gasteiger partial charge < -0.3 is 14.9 Å². The molecule has 1 atom stereocenters. The second-order valence-electron chi connectivity index (χ2n) is 6.50. The van der Waals surface area contributed by atoms with Crippen LogP contribution >= 0.6 is 0 Å². The highest BCUT2D eigenvalue weighted by Crippen LogP contribution is 2.44. The molecule has 3 aliphatic rings. The molecule has 2 N–H and O–H groups in total. The lowest BCUT2D eigenvalue weighted by Gasteiger charge is -2.50. The van der Waals surface area contributed by atoms with E-state index in [1.165, 1.54) is 19.3 Å². The number of carboxylic acid groups (broad SMARTS) is 1. The molecule has 1 unspecified atom stereocenters. The van der Waals surface area contributed by atoms with Crippen LogP contribution in [-0.4, -0.2) is 53.1 Å². The Balaban J connectivity index is 1.78. The molecule has 3 fully saturated rings. The van der Waals surface area contributed by atoms with Crippen LogP contribution in [0.4, 0.5) is 0 Å². The normalized spacial score (nSPS) is 28.9. The zero-order chi connectivity index (χ0) is 17.3. The molecule has 0 aliphatic carbocycles. The molecule has 1 aromatic carbocycles. The first-order chi connectivity index (χ1) is 11.4. The molecule has 0 aromatic heterocycles. The second kappa shape index (κ2) is 6.28. The number of phenolic OH excluding ortho intramolecular Hbond substituents is 1. The van der Waals surface area contributed by atoms with Crippen molar-refractivity contribution in [2.45, 2.75) is 25.3 Å². The van der Waals surface area contributed by atoms with Crippen molar-refractivity contribution in [1.82, 2.24) is 4.90 Å². The van der Waals surface area contributed by atoms with Gasteiger partial charge in [-0.05, 0) is 56.1 Å². The van der Waals surface area contributed by atoms with Gasteiger partial charge in [0.15, 0.2) is 17.3 Å². The highest BCUT2D eigenvalue weighted by molar-refractivity contribution is 5.99. The van der Waals surface area contributed by atoms with Gasteiger partial charge >= 0.3 is 5.97 Å². The summed E-state index contributed by atoms with van der Waals surface area (Å²) in [5.41, 5.74) is 0.187. The van der Waals surface area contributed by atoms with Crippen LogP contribution in [0.2, 0.25) is 0 Å². The first-order valence-corrected chi connectivity index (χ1v) is 8.01. The number of aliphatic carboxylic acids is 1. The average molecular weight is 331 g/mol. The van der Waals surface area contributed by atoms with Crippen LogP contribution in [0.25, 0.3) is 6.08 Å². The summed E-state index contributed by atoms with van der Waals surface area (Å²) in [5.74, 6) is -0.470. The molecule has 0 amide bonds. The molecule has 3 heterocycles. The minimum Gasteiger partial charge on any atom is -0.504 e. The lowest BCUT2D eigenvalue weighted by atomic mass is 9.66. The topological polar surface area (TPSA) is 87.1 Å². The van der Waals surface area contributed by atoms with Crippen molar-refractivity contribution in [1.29, 1.82) is 0 Å². The molecular formula is C18H21NO5. The number of hydrogen-bond donors (Lipinski definition) is 2. The van der Waals surface area contributed by atoms with E-state index in [-0.39, 0.29) is 11.5 Å². The van der Waals surface area contributed by atoms with E-state index in [1.54, 1.807) is 18.2 Å². The van der Waals surface area contributed by atoms with Crippen LogP contribution in [0, 0.1) is 5.41 Å². The molecule has 24 heavy (non-hydrogen) atoms. The number of nitrogens with zero attached hydrogens (tertiary/aromatic N) is 1. The fourth-order valence-corrected chi connectivity index (χ4v) is 3.70. The Bertz CT molecular complexity index is 689. The predicted molar refractivity (Wildman–Crippen MR) is 88.0 cm³/mol. The quantitative estimate of drug-likeness (QED) is 0.802. The number of fused-ring (bicyclic) bond motifs is 3. The van der Waals surface area contributed by atoms with E-state index < -0.39 is 17.4 Å². The van der Waals surface area contributed by atoms with Crippen LogP contribution in [-0.2, 0) is 9.59 Å². The van der Waals surface area contributed by atoms with Gasteiger partial charge in [-0.2, -0.15) is 0 Å². The summed E-state index contributed by atoms with van der Waals surface area (Å²) in [6.45, 7) is 1.31. The number of carboxylic acids is 1. The number of aromatic hydroxyl groups is 1. The molecule has 6 nitrogen and oxygen atoms in total. The van der Waals surface area contributed by atoms with Gasteiger partial charge in [-0.3, -0.25) is 14.5 Å². The highest BCUT2D eigenvalue weighted by atomic mass is 16.5. The van der Waals surface area contributed by atoms with E-state index in [2.05, 4.69) is 0 Å². The number of rotatable bonds is 5. The van der Waals surface area contributed by atoms with E-state index >= 15 is 0 Å². The smallest absolute Gasteiger partial charge is 0.320 e. The van der Waals surface area contributed by atoms with E-state index in [1.807, 2.05) is 4.90 Å². The van der Waals surface area contributed by atoms with Gasteiger partial charge in [0.1, 0.15) is 6.04 Å². The van der Waals surface area contributed by atoms with Crippen LogP contribution in [0.15, 0.2) is 24.3 Å². The Morgan fingerprint density at radius 3 is 2.67 bits per heavy atom. The highest BCUT2D eigenvalue weighted by Gasteiger charge is 2.50. The zero-order valence-corrected chi connectivity index (χ0v) is 13.6. The van der Waals surface area contributed by atoms with Gasteiger partial charge in [0, 0.05) is 5.41 Å². The number of ketones is 1. The van der Waals surface area contributed by atoms with E-state index in [4.69, 9.17) is 4.74 Å². The second-order valence-corrected chi connectivity index (χ2v) is 6.50. The number of carbonyl (C=O) groups is 2. The number of hydrogen-bond acceptors (Lipinski definition) is 5. The average Bonchev–Trinajstić information content (AvgIpc) is 2.61. The fraction of sp³-hybridized carbons (Fsp3) is 0.444. The molecule has 1 aromatic rings. The summed E-state index contributed by atoms with van der Waals surface area (Å²) in [7, 11) is 1.47. The van der Waals surface area contributed by atoms with Crippen molar-refractivity contribution >= 4 is 17.8 Å². The Labute approximate surface area is 140 Å². The van der Waals surface area contributed by atoms with Gasteiger partial charge in [-0.15, -0.1) is 0 Å². The SMILES string of the molecule is COc1cc(/C=C/C(=O)C23CCN(CC2)C(C(=O)O)C3)ccc1O. The third-order valence-electron chi connectivity index (χ3n) is 5.22. The van der Waals surface area contributed by atoms with Gasteiger partial charge in [-0.25, -0.2) is 0 Å². The van der Waals surface area contributed by atoms with Crippen molar-refractivity contribution in [2.75, 3.05) is 20.2 Å². The summed E-state index contributed by atoms with van der Waals surface area (Å²) in [5, 5.41) is 18.9. The third kappa shape index (κ3) is 2.89. The Hall–Kier alpha value is -2.34. The number of piperidine rings is 3. The summed E-state index contributed by atoms with van der Waals surface area (Å²) in [6.07, 6.45) is 5.02. The number of phenols is 1. The molecule has 2 bridgehead atoms. The minimum absolute atomic E-state index is 0.0138. The Morgan fingerprint density at radius 1 is 1.33 bits per heavy atom. The maximum atomic E-state index is 12.8. The Kier molecular flexibility index (Phi) is 4.32. The largest absolute Gasteiger partial charge is 0.504 e. The molecule has 0 spiro atoms. The predicted octanol–water partition coefficient (Wildman–Crippen LogP) is 1.92. The van der Waals surface area contributed by atoms with Gasteiger partial charge in [-0.1, -0.05) is 12.1 Å². The van der Waals surface area contributed by atoms with Crippen LogP contribution in [0.3, 0.4) is 0 Å². The summed E-state index contributed by atoms with van der Waals surface area (Å²) in [6, 6.07) is 4.31. The first kappa shape index (κ1) is 16.5. The van der Waals surface area contributed by atoms with E-state index in [0.29, 0.717) is 38.1 Å². The maximum absolute atomic E-state index is 12.8. The summed E-state index contributed by atoms with van der Waals surface area (Å²) in [4.78, 5) is 26.1. The molecule has 4 rings (SSSR count). The number of allylic oxidation sites excluding steroid dienone is 1. The molecule has 128 valence electrons. The number of methoxy groups -OCH3 is 1. The zero-order valence-electron chi connectivity index (χ0n) is 13.6. The minimum atomic E-state index is -0.848. The number of benzene rings is 1. The number of ether oxygens (including phenoxy) is 1.